The standard InChI is InChI=1S/C15H21N5O2/c1-4-11(3)12-6-8-13(9-7-12)22-10-14(21)16-15-17-19-20(5-2)18-15/h6-9,11H,4-5,10H2,1-3H3,(H,16,18,21). The Morgan fingerprint density at radius 1 is 1.32 bits per heavy atom. The molecular formula is C15H21N5O2. The topological polar surface area (TPSA) is 81.9 Å². The SMILES string of the molecule is CCC(C)c1ccc(OCC(=O)Nc2nnn(CC)n2)cc1. The third kappa shape index (κ3) is 4.28. The fourth-order valence-electron chi connectivity index (χ4n) is 1.87. The summed E-state index contributed by atoms with van der Waals surface area (Å²) in [5.41, 5.74) is 1.26. The number of amides is 1. The summed E-state index contributed by atoms with van der Waals surface area (Å²) in [4.78, 5) is 13.1. The number of anilines is 1. The normalized spacial score (nSPS) is 12.0. The number of carbonyl (C=O) groups excluding carboxylic acids is 1. The Bertz CT molecular complexity index is 609. The average molecular weight is 303 g/mol. The van der Waals surface area contributed by atoms with Gasteiger partial charge in [0.1, 0.15) is 5.75 Å². The van der Waals surface area contributed by atoms with Gasteiger partial charge in [0, 0.05) is 0 Å². The maximum Gasteiger partial charge on any atom is 0.270 e. The number of carbonyl (C=O) groups is 1. The molecule has 0 bridgehead atoms. The van der Waals surface area contributed by atoms with Crippen molar-refractivity contribution in [3.05, 3.63) is 29.8 Å². The van der Waals surface area contributed by atoms with E-state index in [1.807, 2.05) is 31.2 Å². The number of aromatic nitrogens is 4. The minimum Gasteiger partial charge on any atom is -0.484 e. The molecule has 0 radical (unpaired) electrons. The zero-order valence-electron chi connectivity index (χ0n) is 13.1. The van der Waals surface area contributed by atoms with Gasteiger partial charge in [0.2, 0.25) is 0 Å². The van der Waals surface area contributed by atoms with Crippen LogP contribution in [0.5, 0.6) is 5.75 Å². The molecule has 7 heteroatoms. The highest BCUT2D eigenvalue weighted by atomic mass is 16.5. The van der Waals surface area contributed by atoms with E-state index in [2.05, 4.69) is 34.6 Å². The number of tetrazole rings is 1. The second-order valence-corrected chi connectivity index (χ2v) is 5.02. The number of rotatable bonds is 7. The molecule has 0 aliphatic rings. The quantitative estimate of drug-likeness (QED) is 0.848. The molecule has 1 aromatic heterocycles. The van der Waals surface area contributed by atoms with Crippen LogP contribution in [0.3, 0.4) is 0 Å². The third-order valence-corrected chi connectivity index (χ3v) is 3.42. The summed E-state index contributed by atoms with van der Waals surface area (Å²) in [6.07, 6.45) is 1.09. The molecule has 118 valence electrons. The Morgan fingerprint density at radius 2 is 2.05 bits per heavy atom. The van der Waals surface area contributed by atoms with Crippen molar-refractivity contribution < 1.29 is 9.53 Å². The van der Waals surface area contributed by atoms with E-state index in [-0.39, 0.29) is 18.5 Å². The average Bonchev–Trinajstić information content (AvgIpc) is 3.00. The Hall–Kier alpha value is -2.44. The first-order valence-electron chi connectivity index (χ1n) is 7.42. The van der Waals surface area contributed by atoms with E-state index in [0.717, 1.165) is 6.42 Å². The zero-order chi connectivity index (χ0) is 15.9. The molecular weight excluding hydrogens is 282 g/mol. The third-order valence-electron chi connectivity index (χ3n) is 3.42. The zero-order valence-corrected chi connectivity index (χ0v) is 13.1. The minimum absolute atomic E-state index is 0.0939. The summed E-state index contributed by atoms with van der Waals surface area (Å²) in [5.74, 6) is 1.04. The van der Waals surface area contributed by atoms with E-state index in [1.165, 1.54) is 10.4 Å². The van der Waals surface area contributed by atoms with Gasteiger partial charge < -0.3 is 4.74 Å². The van der Waals surface area contributed by atoms with Crippen molar-refractivity contribution in [2.45, 2.75) is 39.7 Å². The number of aryl methyl sites for hydroxylation is 1. The van der Waals surface area contributed by atoms with Gasteiger partial charge in [-0.1, -0.05) is 31.1 Å². The van der Waals surface area contributed by atoms with Crippen LogP contribution in [0.15, 0.2) is 24.3 Å². The van der Waals surface area contributed by atoms with Crippen LogP contribution in [0.25, 0.3) is 0 Å². The molecule has 0 saturated heterocycles. The number of hydrogen-bond acceptors (Lipinski definition) is 5. The van der Waals surface area contributed by atoms with Crippen molar-refractivity contribution in [2.75, 3.05) is 11.9 Å². The predicted octanol–water partition coefficient (Wildman–Crippen LogP) is 2.22. The lowest BCUT2D eigenvalue weighted by molar-refractivity contribution is -0.118. The van der Waals surface area contributed by atoms with Crippen LogP contribution in [-0.2, 0) is 11.3 Å². The summed E-state index contributed by atoms with van der Waals surface area (Å²) < 4.78 is 5.45. The molecule has 0 saturated carbocycles. The lowest BCUT2D eigenvalue weighted by Gasteiger charge is -2.10. The molecule has 0 aliphatic carbocycles. The molecule has 1 N–H and O–H groups in total. The van der Waals surface area contributed by atoms with Gasteiger partial charge in [-0.2, -0.15) is 4.80 Å². The van der Waals surface area contributed by atoms with E-state index in [0.29, 0.717) is 18.2 Å². The van der Waals surface area contributed by atoms with Crippen molar-refractivity contribution in [1.82, 2.24) is 20.2 Å². The lowest BCUT2D eigenvalue weighted by Crippen LogP contribution is -2.21. The summed E-state index contributed by atoms with van der Waals surface area (Å²) in [6, 6.07) is 7.80. The molecule has 1 aromatic carbocycles. The predicted molar refractivity (Wildman–Crippen MR) is 82.8 cm³/mol. The van der Waals surface area contributed by atoms with Crippen molar-refractivity contribution in [1.29, 1.82) is 0 Å². The maximum atomic E-state index is 11.8. The highest BCUT2D eigenvalue weighted by molar-refractivity contribution is 5.90. The highest BCUT2D eigenvalue weighted by Gasteiger charge is 2.08. The van der Waals surface area contributed by atoms with E-state index in [4.69, 9.17) is 4.74 Å². The Morgan fingerprint density at radius 3 is 2.64 bits per heavy atom. The molecule has 0 aliphatic heterocycles. The molecule has 1 amide bonds. The first-order chi connectivity index (χ1) is 10.6. The molecule has 7 nitrogen and oxygen atoms in total. The minimum atomic E-state index is -0.318. The Labute approximate surface area is 129 Å². The van der Waals surface area contributed by atoms with Crippen molar-refractivity contribution >= 4 is 11.9 Å². The second kappa shape index (κ2) is 7.53. The largest absolute Gasteiger partial charge is 0.484 e. The molecule has 1 atom stereocenters. The van der Waals surface area contributed by atoms with Crippen molar-refractivity contribution in [3.8, 4) is 5.75 Å². The summed E-state index contributed by atoms with van der Waals surface area (Å²) in [7, 11) is 0. The molecule has 2 aromatic rings. The van der Waals surface area contributed by atoms with E-state index >= 15 is 0 Å². The van der Waals surface area contributed by atoms with E-state index < -0.39 is 0 Å². The second-order valence-electron chi connectivity index (χ2n) is 5.02. The van der Waals surface area contributed by atoms with Crippen molar-refractivity contribution in [3.63, 3.8) is 0 Å². The summed E-state index contributed by atoms with van der Waals surface area (Å²) >= 11 is 0. The Kier molecular flexibility index (Phi) is 5.46. The van der Waals surface area contributed by atoms with Gasteiger partial charge in [-0.3, -0.25) is 10.1 Å². The van der Waals surface area contributed by atoms with Crippen LogP contribution in [0.2, 0.25) is 0 Å². The number of nitrogens with zero attached hydrogens (tertiary/aromatic N) is 4. The van der Waals surface area contributed by atoms with Gasteiger partial charge in [-0.25, -0.2) is 0 Å². The fourth-order valence-corrected chi connectivity index (χ4v) is 1.87. The van der Waals surface area contributed by atoms with Crippen LogP contribution in [-0.4, -0.2) is 32.7 Å². The highest BCUT2D eigenvalue weighted by Crippen LogP contribution is 2.21. The van der Waals surface area contributed by atoms with Gasteiger partial charge in [0.05, 0.1) is 6.54 Å². The van der Waals surface area contributed by atoms with Crippen LogP contribution < -0.4 is 10.1 Å². The van der Waals surface area contributed by atoms with Crippen molar-refractivity contribution in [2.24, 2.45) is 0 Å². The molecule has 22 heavy (non-hydrogen) atoms. The maximum absolute atomic E-state index is 11.8. The first-order valence-corrected chi connectivity index (χ1v) is 7.42. The Balaban J connectivity index is 1.83. The number of benzene rings is 1. The summed E-state index contributed by atoms with van der Waals surface area (Å²) in [5, 5.41) is 14.0. The molecule has 1 unspecified atom stereocenters. The summed E-state index contributed by atoms with van der Waals surface area (Å²) in [6.45, 7) is 6.73. The van der Waals surface area contributed by atoms with Gasteiger partial charge in [0.25, 0.3) is 11.9 Å². The van der Waals surface area contributed by atoms with Crippen LogP contribution in [0.4, 0.5) is 5.95 Å². The molecule has 1 heterocycles. The van der Waals surface area contributed by atoms with Gasteiger partial charge in [-0.15, -0.1) is 5.10 Å². The van der Waals surface area contributed by atoms with Crippen LogP contribution >= 0.6 is 0 Å². The van der Waals surface area contributed by atoms with Crippen LogP contribution in [0, 0.1) is 0 Å². The van der Waals surface area contributed by atoms with Crippen LogP contribution in [0.1, 0.15) is 38.7 Å². The lowest BCUT2D eigenvalue weighted by atomic mass is 9.99. The fraction of sp³-hybridized carbons (Fsp3) is 0.467. The van der Waals surface area contributed by atoms with E-state index in [9.17, 15) is 4.79 Å². The van der Waals surface area contributed by atoms with Gasteiger partial charge >= 0.3 is 0 Å². The molecule has 0 fully saturated rings. The smallest absolute Gasteiger partial charge is 0.270 e. The number of nitrogens with one attached hydrogen (secondary N) is 1. The van der Waals surface area contributed by atoms with Gasteiger partial charge in [0.15, 0.2) is 6.61 Å². The first kappa shape index (κ1) is 15.9. The molecule has 2 rings (SSSR count). The van der Waals surface area contributed by atoms with E-state index in [1.54, 1.807) is 0 Å². The number of ether oxygens (including phenoxy) is 1. The number of hydrogen-bond donors (Lipinski definition) is 1. The monoisotopic (exact) mass is 303 g/mol. The molecule has 0 spiro atoms. The van der Waals surface area contributed by atoms with Gasteiger partial charge in [-0.05, 0) is 42.2 Å².